The normalized spacial score (nSPS) is 15.6. The number of carbonyl (C=O) groups excluding carboxylic acids is 1. The summed E-state index contributed by atoms with van der Waals surface area (Å²) in [6, 6.07) is 7.87. The van der Waals surface area contributed by atoms with E-state index in [4.69, 9.17) is 0 Å². The fraction of sp³-hybridized carbons (Fsp3) is 0.353. The lowest BCUT2D eigenvalue weighted by atomic mass is 9.95. The third-order valence-electron chi connectivity index (χ3n) is 4.14. The van der Waals surface area contributed by atoms with Gasteiger partial charge in [0.25, 0.3) is 0 Å². The van der Waals surface area contributed by atoms with Crippen LogP contribution in [0.15, 0.2) is 42.9 Å². The van der Waals surface area contributed by atoms with E-state index in [2.05, 4.69) is 20.2 Å². The minimum atomic E-state index is 0.0625. The van der Waals surface area contributed by atoms with Crippen LogP contribution in [0.4, 0.5) is 11.5 Å². The molecule has 0 saturated carbocycles. The fourth-order valence-electron chi connectivity index (χ4n) is 2.77. The number of hydrogen-bond acceptors (Lipinski definition) is 4. The number of nitrogens with zero attached hydrogens (tertiary/aromatic N) is 3. The molecule has 1 N–H and O–H groups in total. The molecule has 2 heterocycles. The summed E-state index contributed by atoms with van der Waals surface area (Å²) in [6.07, 6.45) is 6.83. The number of piperidine rings is 1. The summed E-state index contributed by atoms with van der Waals surface area (Å²) in [5, 5.41) is 3.05. The van der Waals surface area contributed by atoms with Crippen molar-refractivity contribution in [1.82, 2.24) is 9.97 Å². The van der Waals surface area contributed by atoms with Crippen molar-refractivity contribution in [3.05, 3.63) is 48.4 Å². The molecule has 0 spiro atoms. The number of para-hydroxylation sites is 1. The standard InChI is InChI=1S/C17H20N4O/c1-13-4-2-3-5-15(13)20-17(22)14-6-10-21(11-7-14)16-12-18-8-9-19-16/h2-5,8-9,12,14H,6-7,10-11H2,1H3,(H,20,22). The molecule has 5 heteroatoms. The Hall–Kier alpha value is -2.43. The average Bonchev–Trinajstić information content (AvgIpc) is 2.58. The lowest BCUT2D eigenvalue weighted by Crippen LogP contribution is -2.38. The van der Waals surface area contributed by atoms with Crippen molar-refractivity contribution in [2.24, 2.45) is 5.92 Å². The molecule has 0 bridgehead atoms. The Bertz CT molecular complexity index is 636. The first-order valence-corrected chi connectivity index (χ1v) is 7.61. The van der Waals surface area contributed by atoms with Gasteiger partial charge in [-0.1, -0.05) is 18.2 Å². The summed E-state index contributed by atoms with van der Waals surface area (Å²) in [5.74, 6) is 1.07. The molecule has 5 nitrogen and oxygen atoms in total. The first-order valence-electron chi connectivity index (χ1n) is 7.61. The number of aryl methyl sites for hydroxylation is 1. The molecule has 1 aliphatic rings. The number of nitrogens with one attached hydrogen (secondary N) is 1. The van der Waals surface area contributed by atoms with E-state index in [0.717, 1.165) is 43.0 Å². The van der Waals surface area contributed by atoms with Crippen LogP contribution >= 0.6 is 0 Å². The van der Waals surface area contributed by atoms with Gasteiger partial charge in [0.15, 0.2) is 0 Å². The van der Waals surface area contributed by atoms with Gasteiger partial charge in [-0.2, -0.15) is 0 Å². The quantitative estimate of drug-likeness (QED) is 0.946. The van der Waals surface area contributed by atoms with E-state index in [1.165, 1.54) is 0 Å². The first kappa shape index (κ1) is 14.5. The maximum absolute atomic E-state index is 12.4. The molecule has 114 valence electrons. The number of hydrogen-bond donors (Lipinski definition) is 1. The molecule has 3 rings (SSSR count). The number of rotatable bonds is 3. The van der Waals surface area contributed by atoms with Crippen molar-refractivity contribution in [1.29, 1.82) is 0 Å². The van der Waals surface area contributed by atoms with Crippen LogP contribution in [0.3, 0.4) is 0 Å². The van der Waals surface area contributed by atoms with Crippen molar-refractivity contribution in [2.75, 3.05) is 23.3 Å². The Morgan fingerprint density at radius 3 is 2.68 bits per heavy atom. The Balaban J connectivity index is 1.57. The first-order chi connectivity index (χ1) is 10.7. The number of amides is 1. The van der Waals surface area contributed by atoms with E-state index >= 15 is 0 Å². The molecule has 22 heavy (non-hydrogen) atoms. The molecule has 1 saturated heterocycles. The predicted molar refractivity (Wildman–Crippen MR) is 86.8 cm³/mol. The third kappa shape index (κ3) is 3.24. The van der Waals surface area contributed by atoms with E-state index in [9.17, 15) is 4.79 Å². The molecule has 0 radical (unpaired) electrons. The van der Waals surface area contributed by atoms with Gasteiger partial charge in [-0.05, 0) is 31.4 Å². The summed E-state index contributed by atoms with van der Waals surface area (Å²) in [6.45, 7) is 3.68. The summed E-state index contributed by atoms with van der Waals surface area (Å²) in [7, 11) is 0. The predicted octanol–water partition coefficient (Wildman–Crippen LogP) is 2.64. The van der Waals surface area contributed by atoms with Crippen LogP contribution < -0.4 is 10.2 Å². The zero-order chi connectivity index (χ0) is 15.4. The van der Waals surface area contributed by atoms with Crippen molar-refractivity contribution in [3.63, 3.8) is 0 Å². The van der Waals surface area contributed by atoms with E-state index < -0.39 is 0 Å². The summed E-state index contributed by atoms with van der Waals surface area (Å²) in [4.78, 5) is 23.0. The van der Waals surface area contributed by atoms with Crippen molar-refractivity contribution in [3.8, 4) is 0 Å². The second-order valence-electron chi connectivity index (χ2n) is 5.63. The highest BCUT2D eigenvalue weighted by Gasteiger charge is 2.25. The average molecular weight is 296 g/mol. The number of aromatic nitrogens is 2. The van der Waals surface area contributed by atoms with Crippen LogP contribution in [-0.4, -0.2) is 29.0 Å². The Kier molecular flexibility index (Phi) is 4.32. The topological polar surface area (TPSA) is 58.1 Å². The number of carbonyl (C=O) groups is 1. The smallest absolute Gasteiger partial charge is 0.227 e. The highest BCUT2D eigenvalue weighted by Crippen LogP contribution is 2.23. The number of anilines is 2. The highest BCUT2D eigenvalue weighted by molar-refractivity contribution is 5.93. The van der Waals surface area contributed by atoms with Crippen molar-refractivity contribution >= 4 is 17.4 Å². The van der Waals surface area contributed by atoms with Gasteiger partial charge in [0.1, 0.15) is 5.82 Å². The van der Waals surface area contributed by atoms with Crippen LogP contribution in [-0.2, 0) is 4.79 Å². The van der Waals surface area contributed by atoms with Gasteiger partial charge in [-0.25, -0.2) is 4.98 Å². The van der Waals surface area contributed by atoms with Gasteiger partial charge in [0, 0.05) is 37.1 Å². The van der Waals surface area contributed by atoms with Gasteiger partial charge in [0.2, 0.25) is 5.91 Å². The molecular formula is C17H20N4O. The SMILES string of the molecule is Cc1ccccc1NC(=O)C1CCN(c2cnccn2)CC1. The van der Waals surface area contributed by atoms with Gasteiger partial charge in [-0.15, -0.1) is 0 Å². The van der Waals surface area contributed by atoms with E-state index in [0.29, 0.717) is 0 Å². The van der Waals surface area contributed by atoms with Crippen molar-refractivity contribution < 1.29 is 4.79 Å². The molecule has 0 aliphatic carbocycles. The summed E-state index contributed by atoms with van der Waals surface area (Å²) in [5.41, 5.74) is 2.00. The molecule has 1 aromatic carbocycles. The molecule has 1 fully saturated rings. The van der Waals surface area contributed by atoms with Gasteiger partial charge in [-0.3, -0.25) is 9.78 Å². The van der Waals surface area contributed by atoms with Crippen LogP contribution in [0.1, 0.15) is 18.4 Å². The third-order valence-corrected chi connectivity index (χ3v) is 4.14. The lowest BCUT2D eigenvalue weighted by Gasteiger charge is -2.31. The highest BCUT2D eigenvalue weighted by atomic mass is 16.1. The zero-order valence-corrected chi connectivity index (χ0v) is 12.7. The second kappa shape index (κ2) is 6.56. The Morgan fingerprint density at radius 2 is 2.00 bits per heavy atom. The molecule has 0 unspecified atom stereocenters. The zero-order valence-electron chi connectivity index (χ0n) is 12.7. The minimum absolute atomic E-state index is 0.0625. The summed E-state index contributed by atoms with van der Waals surface area (Å²) >= 11 is 0. The molecule has 1 aromatic heterocycles. The van der Waals surface area contributed by atoms with Gasteiger partial charge in [0.05, 0.1) is 6.20 Å². The minimum Gasteiger partial charge on any atom is -0.355 e. The van der Waals surface area contributed by atoms with Crippen LogP contribution in [0.25, 0.3) is 0 Å². The van der Waals surface area contributed by atoms with E-state index in [1.54, 1.807) is 18.6 Å². The Morgan fingerprint density at radius 1 is 1.23 bits per heavy atom. The monoisotopic (exact) mass is 296 g/mol. The molecule has 2 aromatic rings. The van der Waals surface area contributed by atoms with Crippen LogP contribution in [0.2, 0.25) is 0 Å². The van der Waals surface area contributed by atoms with Crippen LogP contribution in [0.5, 0.6) is 0 Å². The largest absolute Gasteiger partial charge is 0.355 e. The van der Waals surface area contributed by atoms with Crippen LogP contribution in [0, 0.1) is 12.8 Å². The lowest BCUT2D eigenvalue weighted by molar-refractivity contribution is -0.120. The van der Waals surface area contributed by atoms with E-state index in [1.807, 2.05) is 31.2 Å². The second-order valence-corrected chi connectivity index (χ2v) is 5.63. The molecule has 0 atom stereocenters. The summed E-state index contributed by atoms with van der Waals surface area (Å²) < 4.78 is 0. The molecular weight excluding hydrogens is 276 g/mol. The molecule has 1 amide bonds. The Labute approximate surface area is 130 Å². The maximum atomic E-state index is 12.4. The number of benzene rings is 1. The van der Waals surface area contributed by atoms with Crippen molar-refractivity contribution in [2.45, 2.75) is 19.8 Å². The maximum Gasteiger partial charge on any atom is 0.227 e. The fourth-order valence-corrected chi connectivity index (χ4v) is 2.77. The van der Waals surface area contributed by atoms with E-state index in [-0.39, 0.29) is 11.8 Å². The molecule has 1 aliphatic heterocycles. The van der Waals surface area contributed by atoms with Gasteiger partial charge < -0.3 is 10.2 Å². The van der Waals surface area contributed by atoms with Gasteiger partial charge >= 0.3 is 0 Å².